The van der Waals surface area contributed by atoms with Crippen molar-refractivity contribution in [1.82, 2.24) is 9.55 Å². The van der Waals surface area contributed by atoms with E-state index in [2.05, 4.69) is 4.98 Å². The lowest BCUT2D eigenvalue weighted by molar-refractivity contribution is -0.136. The quantitative estimate of drug-likeness (QED) is 0.377. The number of aromatic nitrogens is 2. The lowest BCUT2D eigenvalue weighted by atomic mass is 10.1. The minimum atomic E-state index is -3.90. The third-order valence-electron chi connectivity index (χ3n) is 4.93. The third kappa shape index (κ3) is 5.26. The highest BCUT2D eigenvalue weighted by atomic mass is 32.2. The van der Waals surface area contributed by atoms with E-state index in [0.29, 0.717) is 29.4 Å². The summed E-state index contributed by atoms with van der Waals surface area (Å²) in [7, 11) is -3.90. The molecule has 9 heteroatoms. The van der Waals surface area contributed by atoms with Crippen molar-refractivity contribution in [3.05, 3.63) is 91.0 Å². The SMILES string of the molecule is CCOc1cc(CC(=O)O)cc(S(=O)(=O)c2ccc(Oc3ccc(-n4ccnc4)cc3)cc2)c1. The van der Waals surface area contributed by atoms with E-state index >= 15 is 0 Å². The Hall–Kier alpha value is -4.11. The first kappa shape index (κ1) is 23.1. The molecule has 0 aliphatic rings. The van der Waals surface area contributed by atoms with Crippen molar-refractivity contribution >= 4 is 15.8 Å². The van der Waals surface area contributed by atoms with Gasteiger partial charge in [0.05, 0.1) is 29.1 Å². The zero-order valence-electron chi connectivity index (χ0n) is 18.3. The molecule has 0 aliphatic carbocycles. The van der Waals surface area contributed by atoms with Crippen LogP contribution >= 0.6 is 0 Å². The molecule has 0 bridgehead atoms. The van der Waals surface area contributed by atoms with Gasteiger partial charge in [-0.2, -0.15) is 0 Å². The van der Waals surface area contributed by atoms with Gasteiger partial charge in [-0.05, 0) is 79.2 Å². The first-order valence-electron chi connectivity index (χ1n) is 10.4. The summed E-state index contributed by atoms with van der Waals surface area (Å²) in [5.74, 6) is 0.321. The lowest BCUT2D eigenvalue weighted by Gasteiger charge is -2.11. The minimum absolute atomic E-state index is 0.0292. The maximum atomic E-state index is 13.2. The number of carboxylic acids is 1. The van der Waals surface area contributed by atoms with Crippen LogP contribution in [0.5, 0.6) is 17.2 Å². The van der Waals surface area contributed by atoms with Gasteiger partial charge in [0.15, 0.2) is 0 Å². The molecule has 0 amide bonds. The topological polar surface area (TPSA) is 108 Å². The molecule has 0 saturated carbocycles. The molecular formula is C25H22N2O6S. The van der Waals surface area contributed by atoms with Crippen LogP contribution in [0.25, 0.3) is 5.69 Å². The van der Waals surface area contributed by atoms with Crippen LogP contribution in [-0.2, 0) is 21.1 Å². The van der Waals surface area contributed by atoms with Crippen LogP contribution in [0.15, 0.2) is 95.2 Å². The van der Waals surface area contributed by atoms with Gasteiger partial charge in [0.1, 0.15) is 17.2 Å². The normalized spacial score (nSPS) is 11.2. The molecule has 0 aliphatic heterocycles. The largest absolute Gasteiger partial charge is 0.494 e. The summed E-state index contributed by atoms with van der Waals surface area (Å²) in [6.45, 7) is 2.09. The highest BCUT2D eigenvalue weighted by molar-refractivity contribution is 7.91. The van der Waals surface area contributed by atoms with Crippen molar-refractivity contribution in [3.63, 3.8) is 0 Å². The Morgan fingerprint density at radius 3 is 2.21 bits per heavy atom. The van der Waals surface area contributed by atoms with Crippen LogP contribution in [0.4, 0.5) is 0 Å². The highest BCUT2D eigenvalue weighted by Crippen LogP contribution is 2.29. The number of aliphatic carboxylic acids is 1. The Balaban J connectivity index is 1.55. The van der Waals surface area contributed by atoms with Crippen LogP contribution in [0.2, 0.25) is 0 Å². The number of carboxylic acid groups (broad SMARTS) is 1. The zero-order chi connectivity index (χ0) is 24.1. The standard InChI is InChI=1S/C25H22N2O6S/c1-2-32-22-13-18(15-25(28)29)14-24(16-22)34(30,31)23-9-7-21(8-10-23)33-20-5-3-19(4-6-20)27-12-11-26-17-27/h3-14,16-17H,2,15H2,1H3,(H,28,29). The number of sulfone groups is 1. The Morgan fingerprint density at radius 1 is 0.941 bits per heavy atom. The lowest BCUT2D eigenvalue weighted by Crippen LogP contribution is -2.06. The molecule has 174 valence electrons. The Labute approximate surface area is 197 Å². The third-order valence-corrected chi connectivity index (χ3v) is 6.67. The summed E-state index contributed by atoms with van der Waals surface area (Å²) in [4.78, 5) is 15.2. The predicted molar refractivity (Wildman–Crippen MR) is 124 cm³/mol. The van der Waals surface area contributed by atoms with Crippen LogP contribution < -0.4 is 9.47 Å². The number of rotatable bonds is 9. The van der Waals surface area contributed by atoms with Crippen molar-refractivity contribution in [2.75, 3.05) is 6.61 Å². The first-order valence-corrected chi connectivity index (χ1v) is 11.9. The average Bonchev–Trinajstić information content (AvgIpc) is 3.35. The molecule has 4 aromatic rings. The summed E-state index contributed by atoms with van der Waals surface area (Å²) in [5, 5.41) is 9.11. The maximum Gasteiger partial charge on any atom is 0.307 e. The van der Waals surface area contributed by atoms with Crippen molar-refractivity contribution in [2.24, 2.45) is 0 Å². The molecule has 0 unspecified atom stereocenters. The van der Waals surface area contributed by atoms with Crippen molar-refractivity contribution in [2.45, 2.75) is 23.1 Å². The number of imidazole rings is 1. The molecule has 1 heterocycles. The Kier molecular flexibility index (Phi) is 6.65. The van der Waals surface area contributed by atoms with Gasteiger partial charge in [-0.25, -0.2) is 13.4 Å². The number of nitrogens with zero attached hydrogens (tertiary/aromatic N) is 2. The summed E-state index contributed by atoms with van der Waals surface area (Å²) in [5.41, 5.74) is 1.28. The molecule has 1 aromatic heterocycles. The van der Waals surface area contributed by atoms with E-state index in [1.165, 1.54) is 30.3 Å². The Morgan fingerprint density at radius 2 is 1.62 bits per heavy atom. The predicted octanol–water partition coefficient (Wildman–Crippen LogP) is 4.52. The number of hydrogen-bond acceptors (Lipinski definition) is 6. The average molecular weight is 479 g/mol. The molecule has 4 rings (SSSR count). The van der Waals surface area contributed by atoms with Crippen LogP contribution in [0, 0.1) is 0 Å². The minimum Gasteiger partial charge on any atom is -0.494 e. The van der Waals surface area contributed by atoms with Gasteiger partial charge in [0, 0.05) is 18.1 Å². The number of hydrogen-bond donors (Lipinski definition) is 1. The molecule has 0 fully saturated rings. The summed E-state index contributed by atoms with van der Waals surface area (Å²) in [6, 6.07) is 17.7. The molecule has 0 radical (unpaired) electrons. The highest BCUT2D eigenvalue weighted by Gasteiger charge is 2.20. The fourth-order valence-corrected chi connectivity index (χ4v) is 4.71. The maximum absolute atomic E-state index is 13.2. The summed E-state index contributed by atoms with van der Waals surface area (Å²) >= 11 is 0. The van der Waals surface area contributed by atoms with E-state index in [4.69, 9.17) is 14.6 Å². The van der Waals surface area contributed by atoms with Gasteiger partial charge < -0.3 is 19.1 Å². The summed E-state index contributed by atoms with van der Waals surface area (Å²) < 4.78 is 39.5. The first-order chi connectivity index (χ1) is 16.3. The van der Waals surface area contributed by atoms with E-state index in [1.807, 2.05) is 35.0 Å². The number of benzene rings is 3. The van der Waals surface area contributed by atoms with Crippen LogP contribution in [0.1, 0.15) is 12.5 Å². The molecule has 8 nitrogen and oxygen atoms in total. The second kappa shape index (κ2) is 9.80. The second-order valence-corrected chi connectivity index (χ2v) is 9.31. The van der Waals surface area contributed by atoms with E-state index in [1.54, 1.807) is 31.6 Å². The molecule has 0 atom stereocenters. The summed E-state index contributed by atoms with van der Waals surface area (Å²) in [6.07, 6.45) is 4.92. The van der Waals surface area contributed by atoms with Gasteiger partial charge >= 0.3 is 5.97 Å². The van der Waals surface area contributed by atoms with Gasteiger partial charge in [0.2, 0.25) is 9.84 Å². The van der Waals surface area contributed by atoms with Crippen molar-refractivity contribution in [3.8, 4) is 22.9 Å². The van der Waals surface area contributed by atoms with Gasteiger partial charge in [-0.15, -0.1) is 0 Å². The van der Waals surface area contributed by atoms with E-state index in [-0.39, 0.29) is 16.2 Å². The van der Waals surface area contributed by atoms with E-state index < -0.39 is 15.8 Å². The fraction of sp³-hybridized carbons (Fsp3) is 0.120. The number of ether oxygens (including phenoxy) is 2. The van der Waals surface area contributed by atoms with Gasteiger partial charge in [-0.3, -0.25) is 4.79 Å². The number of carbonyl (C=O) groups is 1. The molecule has 0 spiro atoms. The van der Waals surface area contributed by atoms with Gasteiger partial charge in [-0.1, -0.05) is 0 Å². The molecule has 0 saturated heterocycles. The molecular weight excluding hydrogens is 456 g/mol. The van der Waals surface area contributed by atoms with E-state index in [0.717, 1.165) is 5.69 Å². The van der Waals surface area contributed by atoms with E-state index in [9.17, 15) is 13.2 Å². The molecule has 3 aromatic carbocycles. The van der Waals surface area contributed by atoms with Gasteiger partial charge in [0.25, 0.3) is 0 Å². The fourth-order valence-electron chi connectivity index (χ4n) is 3.37. The Bertz CT molecular complexity index is 1380. The zero-order valence-corrected chi connectivity index (χ0v) is 19.1. The molecule has 34 heavy (non-hydrogen) atoms. The second-order valence-electron chi connectivity index (χ2n) is 7.36. The molecule has 1 N–H and O–H groups in total. The van der Waals surface area contributed by atoms with Crippen molar-refractivity contribution < 1.29 is 27.8 Å². The van der Waals surface area contributed by atoms with Crippen LogP contribution in [-0.4, -0.2) is 35.7 Å². The van der Waals surface area contributed by atoms with Crippen molar-refractivity contribution in [1.29, 1.82) is 0 Å². The smallest absolute Gasteiger partial charge is 0.307 e. The van der Waals surface area contributed by atoms with Crippen LogP contribution in [0.3, 0.4) is 0 Å². The monoisotopic (exact) mass is 478 g/mol.